The summed E-state index contributed by atoms with van der Waals surface area (Å²) in [5.41, 5.74) is 1.42. The van der Waals surface area contributed by atoms with E-state index in [1.54, 1.807) is 27.4 Å². The highest BCUT2D eigenvalue weighted by Gasteiger charge is 2.13. The predicted octanol–water partition coefficient (Wildman–Crippen LogP) is 3.72. The molecular weight excluding hydrogens is 360 g/mol. The van der Waals surface area contributed by atoms with Crippen LogP contribution in [0.3, 0.4) is 0 Å². The Bertz CT molecular complexity index is 630. The summed E-state index contributed by atoms with van der Waals surface area (Å²) in [5.74, 6) is 1.79. The van der Waals surface area contributed by atoms with Crippen molar-refractivity contribution >= 4 is 27.5 Å². The average molecular weight is 374 g/mol. The van der Waals surface area contributed by atoms with Crippen LogP contribution >= 0.6 is 27.5 Å². The van der Waals surface area contributed by atoms with Crippen LogP contribution in [0.2, 0.25) is 5.15 Å². The normalized spacial score (nSPS) is 10.5. The molecule has 0 fully saturated rings. The Morgan fingerprint density at radius 1 is 1.05 bits per heavy atom. The second-order valence-electron chi connectivity index (χ2n) is 4.13. The summed E-state index contributed by atoms with van der Waals surface area (Å²) in [6, 6.07) is 5.41. The molecule has 0 atom stereocenters. The molecule has 0 radical (unpaired) electrons. The van der Waals surface area contributed by atoms with Crippen LogP contribution < -0.4 is 9.47 Å². The fourth-order valence-electron chi connectivity index (χ4n) is 1.76. The Balaban J connectivity index is 2.55. The van der Waals surface area contributed by atoms with Crippen molar-refractivity contribution in [2.45, 2.75) is 6.61 Å². The zero-order chi connectivity index (χ0) is 15.4. The topological polar surface area (TPSA) is 53.5 Å². The first kappa shape index (κ1) is 16.0. The molecule has 1 aromatic carbocycles. The van der Waals surface area contributed by atoms with Gasteiger partial charge in [-0.15, -0.1) is 0 Å². The SMILES string of the molecule is COCc1nc(-c2cc(OC)cc(OC)c2)nc(Cl)c1Br. The van der Waals surface area contributed by atoms with Gasteiger partial charge in [-0.3, -0.25) is 0 Å². The molecule has 1 heterocycles. The molecule has 0 aliphatic carbocycles. The first-order valence-corrected chi connectivity index (χ1v) is 7.20. The van der Waals surface area contributed by atoms with E-state index in [0.717, 1.165) is 5.56 Å². The van der Waals surface area contributed by atoms with Crippen LogP contribution in [0.15, 0.2) is 22.7 Å². The van der Waals surface area contributed by atoms with Gasteiger partial charge in [0.25, 0.3) is 0 Å². The maximum Gasteiger partial charge on any atom is 0.161 e. The lowest BCUT2D eigenvalue weighted by atomic mass is 10.2. The Kier molecular flexibility index (Phi) is 5.39. The van der Waals surface area contributed by atoms with E-state index in [2.05, 4.69) is 25.9 Å². The number of hydrogen-bond acceptors (Lipinski definition) is 5. The molecule has 0 amide bonds. The van der Waals surface area contributed by atoms with Gasteiger partial charge in [0.1, 0.15) is 16.7 Å². The molecule has 0 saturated heterocycles. The van der Waals surface area contributed by atoms with E-state index in [4.69, 9.17) is 25.8 Å². The smallest absolute Gasteiger partial charge is 0.161 e. The van der Waals surface area contributed by atoms with Gasteiger partial charge in [0, 0.05) is 18.7 Å². The number of halogens is 2. The molecule has 2 aromatic rings. The highest BCUT2D eigenvalue weighted by atomic mass is 79.9. The summed E-state index contributed by atoms with van der Waals surface area (Å²) in [6.07, 6.45) is 0. The average Bonchev–Trinajstić information content (AvgIpc) is 2.51. The van der Waals surface area contributed by atoms with Crippen LogP contribution in [0.4, 0.5) is 0 Å². The summed E-state index contributed by atoms with van der Waals surface area (Å²) >= 11 is 9.49. The maximum atomic E-state index is 6.14. The van der Waals surface area contributed by atoms with Crippen molar-refractivity contribution in [3.05, 3.63) is 33.5 Å². The molecule has 0 aliphatic heterocycles. The van der Waals surface area contributed by atoms with Crippen LogP contribution in [0.1, 0.15) is 5.69 Å². The van der Waals surface area contributed by atoms with Crippen molar-refractivity contribution in [1.29, 1.82) is 0 Å². The van der Waals surface area contributed by atoms with Gasteiger partial charge in [0.2, 0.25) is 0 Å². The summed E-state index contributed by atoms with van der Waals surface area (Å²) < 4.78 is 16.2. The van der Waals surface area contributed by atoms with E-state index in [1.807, 2.05) is 12.1 Å². The lowest BCUT2D eigenvalue weighted by molar-refractivity contribution is 0.181. The predicted molar refractivity (Wildman–Crippen MR) is 84.0 cm³/mol. The molecule has 5 nitrogen and oxygen atoms in total. The van der Waals surface area contributed by atoms with E-state index < -0.39 is 0 Å². The van der Waals surface area contributed by atoms with Crippen LogP contribution in [0.25, 0.3) is 11.4 Å². The second-order valence-corrected chi connectivity index (χ2v) is 5.28. The van der Waals surface area contributed by atoms with Crippen molar-refractivity contribution in [3.8, 4) is 22.9 Å². The Hall–Kier alpha value is -1.37. The lowest BCUT2D eigenvalue weighted by Gasteiger charge is -2.10. The third kappa shape index (κ3) is 3.64. The van der Waals surface area contributed by atoms with Gasteiger partial charge < -0.3 is 14.2 Å². The molecule has 21 heavy (non-hydrogen) atoms. The minimum atomic E-state index is 0.328. The molecule has 0 N–H and O–H groups in total. The Morgan fingerprint density at radius 3 is 2.19 bits per heavy atom. The van der Waals surface area contributed by atoms with Gasteiger partial charge in [0.15, 0.2) is 5.82 Å². The van der Waals surface area contributed by atoms with E-state index in [1.165, 1.54) is 0 Å². The first-order valence-electron chi connectivity index (χ1n) is 6.03. The number of hydrogen-bond donors (Lipinski definition) is 0. The number of rotatable bonds is 5. The van der Waals surface area contributed by atoms with Crippen molar-refractivity contribution in [2.24, 2.45) is 0 Å². The third-order valence-corrected chi connectivity index (χ3v) is 4.11. The van der Waals surface area contributed by atoms with Gasteiger partial charge >= 0.3 is 0 Å². The zero-order valence-electron chi connectivity index (χ0n) is 11.8. The number of ether oxygens (including phenoxy) is 3. The second kappa shape index (κ2) is 7.06. The fourth-order valence-corrected chi connectivity index (χ4v) is 2.24. The first-order chi connectivity index (χ1) is 10.1. The highest BCUT2D eigenvalue weighted by Crippen LogP contribution is 2.31. The van der Waals surface area contributed by atoms with Crippen molar-refractivity contribution in [1.82, 2.24) is 9.97 Å². The Labute approximate surface area is 136 Å². The Morgan fingerprint density at radius 2 is 1.67 bits per heavy atom. The van der Waals surface area contributed by atoms with E-state index >= 15 is 0 Å². The molecule has 112 valence electrons. The van der Waals surface area contributed by atoms with Crippen LogP contribution in [0.5, 0.6) is 11.5 Å². The van der Waals surface area contributed by atoms with Crippen LogP contribution in [-0.2, 0) is 11.3 Å². The molecule has 1 aromatic heterocycles. The summed E-state index contributed by atoms with van der Waals surface area (Å²) in [6.45, 7) is 0.330. The van der Waals surface area contributed by atoms with Crippen LogP contribution in [0, 0.1) is 0 Å². The van der Waals surface area contributed by atoms with Crippen molar-refractivity contribution in [2.75, 3.05) is 21.3 Å². The highest BCUT2D eigenvalue weighted by molar-refractivity contribution is 9.10. The number of benzene rings is 1. The molecule has 0 unspecified atom stereocenters. The fraction of sp³-hybridized carbons (Fsp3) is 0.286. The summed E-state index contributed by atoms with van der Waals surface area (Å²) in [5, 5.41) is 0.328. The van der Waals surface area contributed by atoms with Gasteiger partial charge in [-0.25, -0.2) is 9.97 Å². The van der Waals surface area contributed by atoms with E-state index in [-0.39, 0.29) is 0 Å². The number of nitrogens with zero attached hydrogens (tertiary/aromatic N) is 2. The largest absolute Gasteiger partial charge is 0.497 e. The monoisotopic (exact) mass is 372 g/mol. The van der Waals surface area contributed by atoms with E-state index in [0.29, 0.717) is 39.3 Å². The summed E-state index contributed by atoms with van der Waals surface area (Å²) in [4.78, 5) is 8.74. The van der Waals surface area contributed by atoms with Gasteiger partial charge in [0.05, 0.1) is 31.0 Å². The van der Waals surface area contributed by atoms with Gasteiger partial charge in [-0.05, 0) is 28.1 Å². The standard InChI is InChI=1S/C14H14BrClN2O3/c1-19-7-11-12(15)13(16)18-14(17-11)8-4-9(20-2)6-10(5-8)21-3/h4-6H,7H2,1-3H3. The molecule has 0 saturated carbocycles. The minimum absolute atomic E-state index is 0.328. The van der Waals surface area contributed by atoms with Gasteiger partial charge in [-0.2, -0.15) is 0 Å². The van der Waals surface area contributed by atoms with Crippen molar-refractivity contribution < 1.29 is 14.2 Å². The number of aromatic nitrogens is 2. The van der Waals surface area contributed by atoms with E-state index in [9.17, 15) is 0 Å². The minimum Gasteiger partial charge on any atom is -0.497 e. The number of methoxy groups -OCH3 is 3. The third-order valence-electron chi connectivity index (χ3n) is 2.77. The zero-order valence-corrected chi connectivity index (χ0v) is 14.2. The molecule has 0 bridgehead atoms. The molecule has 7 heteroatoms. The molecular formula is C14H14BrClN2O3. The molecule has 0 spiro atoms. The maximum absolute atomic E-state index is 6.14. The van der Waals surface area contributed by atoms with Crippen LogP contribution in [-0.4, -0.2) is 31.3 Å². The van der Waals surface area contributed by atoms with Crippen molar-refractivity contribution in [3.63, 3.8) is 0 Å². The van der Waals surface area contributed by atoms with Gasteiger partial charge in [-0.1, -0.05) is 11.6 Å². The quantitative estimate of drug-likeness (QED) is 0.748. The molecule has 2 rings (SSSR count). The lowest BCUT2D eigenvalue weighted by Crippen LogP contribution is -2.00. The molecule has 0 aliphatic rings. The summed E-state index contributed by atoms with van der Waals surface area (Å²) in [7, 11) is 4.77.